The summed E-state index contributed by atoms with van der Waals surface area (Å²) in [5.41, 5.74) is 4.71. The minimum atomic E-state index is -0.933. The summed E-state index contributed by atoms with van der Waals surface area (Å²) in [6, 6.07) is 60.6. The van der Waals surface area contributed by atoms with E-state index in [1.165, 1.54) is 89.0 Å². The maximum atomic E-state index is 11.5. The molecule has 7 aromatic carbocycles. The first kappa shape index (κ1) is 90.3. The summed E-state index contributed by atoms with van der Waals surface area (Å²) >= 11 is 0. The first-order valence-electron chi connectivity index (χ1n) is 35.7. The Morgan fingerprint density at radius 3 is 1.21 bits per heavy atom. The van der Waals surface area contributed by atoms with Crippen LogP contribution in [0.25, 0.3) is 50.7 Å². The van der Waals surface area contributed by atoms with Gasteiger partial charge in [-0.05, 0) is 201 Å². The standard InChI is InChI=1S/C17H20O2.C14H10.C14H12.C13H18N2O2.C9H6O2.3C9H16.CH4/c1-3-5-6-7-15(4-2)16-11-8-14(9-12-16)10-13-17(18)19;1-2-6-12-10-14-8-4-3-7-13(14)9-11(12)5-1;1-3-7-13(8-4-1)11-12-14-9-5-2-6-10-14;1-3-5-6-7-10(4-2)8-11-9-14-13(17)15-12(11)16;10-9-6-5-7-3-1-2-4-8(7)11-9;3*1-4-6-7-8-9(3)5-2;/h3-4,8-13,15H,1-2,5-7H2,(H,18,19);1-10H;1-12H;3-4,9-10H,1-2,5-8H2,(H2,14,15,16,17);1-6H;3*4-5,9H,1-2,6-8H2,3H3;1H4/b13-10+;;12-11+;;;;;;. The largest absolute Gasteiger partial charge is 0.478 e. The minimum Gasteiger partial charge on any atom is -0.478 e. The van der Waals surface area contributed by atoms with E-state index in [0.717, 1.165) is 74.8 Å². The van der Waals surface area contributed by atoms with E-state index in [9.17, 15) is 19.2 Å². The lowest BCUT2D eigenvalue weighted by atomic mass is 9.93. The summed E-state index contributed by atoms with van der Waals surface area (Å²) in [4.78, 5) is 48.2. The molecule has 103 heavy (non-hydrogen) atoms. The zero-order valence-electron chi connectivity index (χ0n) is 61.2. The molecule has 0 fully saturated rings. The second-order valence-electron chi connectivity index (χ2n) is 24.7. The Labute approximate surface area is 617 Å². The number of allylic oxidation sites excluding steroid dienone is 10. The number of hydrogen-bond donors (Lipinski definition) is 3. The van der Waals surface area contributed by atoms with Gasteiger partial charge in [0.25, 0.3) is 5.56 Å². The van der Waals surface area contributed by atoms with Crippen molar-refractivity contribution in [1.29, 1.82) is 0 Å². The molecule has 0 saturated heterocycles. The molecule has 0 radical (unpaired) electrons. The smallest absolute Gasteiger partial charge is 0.336 e. The van der Waals surface area contributed by atoms with Crippen molar-refractivity contribution in [3.05, 3.63) is 380 Å². The molecule has 0 aliphatic rings. The molecule has 2 aromatic heterocycles. The maximum absolute atomic E-state index is 11.5. The minimum absolute atomic E-state index is 0. The molecule has 8 nitrogen and oxygen atoms in total. The van der Waals surface area contributed by atoms with Gasteiger partial charge in [0, 0.05) is 35.2 Å². The fourth-order valence-electron chi connectivity index (χ4n) is 9.94. The number of nitrogens with one attached hydrogen (secondary N) is 2. The highest BCUT2D eigenvalue weighted by Crippen LogP contribution is 2.25. The third-order valence-electron chi connectivity index (χ3n) is 16.3. The van der Waals surface area contributed by atoms with Crippen molar-refractivity contribution < 1.29 is 14.3 Å². The monoisotopic (exact) mass is 1380 g/mol. The van der Waals surface area contributed by atoms with Crippen LogP contribution in [0.4, 0.5) is 0 Å². The van der Waals surface area contributed by atoms with Gasteiger partial charge in [-0.25, -0.2) is 14.4 Å². The van der Waals surface area contributed by atoms with E-state index in [0.29, 0.717) is 41.2 Å². The molecule has 8 heteroatoms. The van der Waals surface area contributed by atoms with Gasteiger partial charge in [0.1, 0.15) is 5.58 Å². The molecule has 544 valence electrons. The number of aliphatic carboxylic acids is 1. The Morgan fingerprint density at radius 1 is 0.437 bits per heavy atom. The van der Waals surface area contributed by atoms with Gasteiger partial charge in [-0.2, -0.15) is 0 Å². The normalized spacial score (nSPS) is 11.5. The van der Waals surface area contributed by atoms with Gasteiger partial charge in [-0.15, -0.1) is 65.8 Å². The summed E-state index contributed by atoms with van der Waals surface area (Å²) in [6.07, 6.45) is 45.6. The first-order valence-corrected chi connectivity index (χ1v) is 35.7. The summed E-state index contributed by atoms with van der Waals surface area (Å²) in [6.45, 7) is 43.7. The Kier molecular flexibility index (Phi) is 50.8. The van der Waals surface area contributed by atoms with Gasteiger partial charge in [-0.1, -0.05) is 253 Å². The number of aromatic nitrogens is 2. The Hall–Kier alpha value is -10.7. The number of unbranched alkanes of at least 4 members (excludes halogenated alkanes) is 5. The van der Waals surface area contributed by atoms with Crippen LogP contribution in [0.2, 0.25) is 0 Å². The number of carboxylic acid groups (broad SMARTS) is 1. The molecule has 0 amide bonds. The van der Waals surface area contributed by atoms with Crippen molar-refractivity contribution in [3.8, 4) is 0 Å². The van der Waals surface area contributed by atoms with Crippen LogP contribution in [0.3, 0.4) is 0 Å². The van der Waals surface area contributed by atoms with Crippen LogP contribution in [0.1, 0.15) is 158 Å². The van der Waals surface area contributed by atoms with Crippen molar-refractivity contribution in [3.63, 3.8) is 0 Å². The SMILES string of the molecule is C.C(=C\c1ccccc1)/c1ccccc1.C=CCCCC(C)C=C.C=CCCCC(C)C=C.C=CCCCC(C)C=C.C=CCCCC(C=C)Cc1c[nH]c(=O)[nH]c1=O.C=CCCCC(C=C)c1ccc(/C=C/C(=O)O)cc1.O=c1ccc2ccccc2o1.c1ccc2cc3ccccc3cc2c1. The Bertz CT molecular complexity index is 3900. The van der Waals surface area contributed by atoms with Gasteiger partial charge in [-0.3, -0.25) is 9.78 Å². The summed E-state index contributed by atoms with van der Waals surface area (Å²) in [7, 11) is 0. The summed E-state index contributed by atoms with van der Waals surface area (Å²) < 4.78 is 4.91. The molecule has 0 aliphatic carbocycles. The predicted octanol–water partition coefficient (Wildman–Crippen LogP) is 25.9. The Morgan fingerprint density at radius 2 is 0.825 bits per heavy atom. The van der Waals surface area contributed by atoms with Gasteiger partial charge in [0.2, 0.25) is 0 Å². The number of para-hydroxylation sites is 1. The number of benzene rings is 7. The molecule has 5 unspecified atom stereocenters. The average Bonchev–Trinajstić information content (AvgIpc) is 0.814. The van der Waals surface area contributed by atoms with Crippen LogP contribution in [0.5, 0.6) is 0 Å². The van der Waals surface area contributed by atoms with Crippen LogP contribution in [-0.4, -0.2) is 21.0 Å². The lowest BCUT2D eigenvalue weighted by Gasteiger charge is -2.12. The topological polar surface area (TPSA) is 133 Å². The molecule has 0 bridgehead atoms. The van der Waals surface area contributed by atoms with E-state index in [1.54, 1.807) is 18.2 Å². The first-order chi connectivity index (χ1) is 49.5. The van der Waals surface area contributed by atoms with Crippen molar-refractivity contribution >= 4 is 56.7 Å². The molecule has 3 N–H and O–H groups in total. The van der Waals surface area contributed by atoms with E-state index in [2.05, 4.69) is 194 Å². The fraction of sp³-hybridized carbons (Fsp3) is 0.263. The van der Waals surface area contributed by atoms with Crippen LogP contribution < -0.4 is 16.9 Å². The van der Waals surface area contributed by atoms with Crippen molar-refractivity contribution in [2.24, 2.45) is 23.7 Å². The number of hydrogen-bond acceptors (Lipinski definition) is 5. The highest BCUT2D eigenvalue weighted by molar-refractivity contribution is 5.98. The van der Waals surface area contributed by atoms with Gasteiger partial charge in [0.05, 0.1) is 0 Å². The number of carbonyl (C=O) groups is 1. The van der Waals surface area contributed by atoms with Crippen molar-refractivity contribution in [2.45, 2.75) is 137 Å². The van der Waals surface area contributed by atoms with E-state index >= 15 is 0 Å². The number of aromatic amines is 2. The molecular weight excluding hydrogens is 1270 g/mol. The average molecular weight is 1380 g/mol. The van der Waals surface area contributed by atoms with E-state index in [1.807, 2.05) is 140 Å². The van der Waals surface area contributed by atoms with E-state index < -0.39 is 11.7 Å². The second kappa shape index (κ2) is 58.0. The quantitative estimate of drug-likeness (QED) is 0.00960. The number of carboxylic acids is 1. The Balaban J connectivity index is 0.000000596. The molecular formula is C95H118N2O6. The van der Waals surface area contributed by atoms with E-state index in [4.69, 9.17) is 9.52 Å². The van der Waals surface area contributed by atoms with E-state index in [-0.39, 0.29) is 24.5 Å². The van der Waals surface area contributed by atoms with Crippen LogP contribution in [0, 0.1) is 23.7 Å². The highest BCUT2D eigenvalue weighted by Gasteiger charge is 2.10. The molecule has 2 heterocycles. The van der Waals surface area contributed by atoms with Gasteiger partial charge < -0.3 is 14.5 Å². The van der Waals surface area contributed by atoms with Crippen molar-refractivity contribution in [2.75, 3.05) is 0 Å². The van der Waals surface area contributed by atoms with Crippen LogP contribution >= 0.6 is 0 Å². The lowest BCUT2D eigenvalue weighted by Crippen LogP contribution is -2.25. The number of H-pyrrole nitrogens is 2. The zero-order chi connectivity index (χ0) is 74.8. The molecule has 9 rings (SSSR count). The van der Waals surface area contributed by atoms with Gasteiger partial charge in [0.15, 0.2) is 0 Å². The molecule has 5 atom stereocenters. The maximum Gasteiger partial charge on any atom is 0.336 e. The van der Waals surface area contributed by atoms with Gasteiger partial charge >= 0.3 is 17.3 Å². The molecule has 0 aliphatic heterocycles. The van der Waals surface area contributed by atoms with Crippen LogP contribution in [0.15, 0.2) is 340 Å². The number of rotatable bonds is 32. The fourth-order valence-corrected chi connectivity index (χ4v) is 9.94. The second-order valence-corrected chi connectivity index (χ2v) is 24.7. The predicted molar refractivity (Wildman–Crippen MR) is 452 cm³/mol. The highest BCUT2D eigenvalue weighted by atomic mass is 16.4. The molecule has 9 aromatic rings. The summed E-state index contributed by atoms with van der Waals surface area (Å²) in [5.74, 6) is 1.68. The third-order valence-corrected chi connectivity index (χ3v) is 16.3. The zero-order valence-corrected chi connectivity index (χ0v) is 61.2. The lowest BCUT2D eigenvalue weighted by molar-refractivity contribution is -0.131. The number of fused-ring (bicyclic) bond motifs is 3. The molecule has 0 spiro atoms. The molecule has 0 saturated carbocycles. The van der Waals surface area contributed by atoms with Crippen LogP contribution in [-0.2, 0) is 11.2 Å². The summed E-state index contributed by atoms with van der Waals surface area (Å²) in [5, 5.41) is 14.8. The third kappa shape index (κ3) is 42.2. The van der Waals surface area contributed by atoms with Crippen molar-refractivity contribution in [1.82, 2.24) is 9.97 Å².